The van der Waals surface area contributed by atoms with Crippen molar-refractivity contribution < 1.29 is 18.1 Å². The lowest BCUT2D eigenvalue weighted by molar-refractivity contribution is -0.384. The van der Waals surface area contributed by atoms with E-state index < -0.39 is 14.9 Å². The van der Waals surface area contributed by atoms with Gasteiger partial charge >= 0.3 is 0 Å². The van der Waals surface area contributed by atoms with Crippen LogP contribution in [-0.2, 0) is 14.8 Å². The number of hydrogen-bond donors (Lipinski definition) is 2. The molecule has 0 spiro atoms. The Morgan fingerprint density at radius 1 is 1.26 bits per heavy atom. The number of anilines is 1. The molecule has 1 saturated heterocycles. The molecule has 1 saturated carbocycles. The zero-order valence-electron chi connectivity index (χ0n) is 15.2. The Morgan fingerprint density at radius 3 is 2.59 bits per heavy atom. The highest BCUT2D eigenvalue weighted by molar-refractivity contribution is 7.89. The van der Waals surface area contributed by atoms with Crippen molar-refractivity contribution in [2.75, 3.05) is 24.5 Å². The molecule has 148 valence electrons. The second-order valence-corrected chi connectivity index (χ2v) is 8.97. The Bertz CT molecular complexity index is 834. The third-order valence-electron chi connectivity index (χ3n) is 5.17. The van der Waals surface area contributed by atoms with Gasteiger partial charge in [0.1, 0.15) is 5.69 Å². The summed E-state index contributed by atoms with van der Waals surface area (Å²) >= 11 is 0. The summed E-state index contributed by atoms with van der Waals surface area (Å²) in [5, 5.41) is 14.2. The molecule has 10 heteroatoms. The molecule has 1 aliphatic carbocycles. The van der Waals surface area contributed by atoms with Crippen molar-refractivity contribution in [3.63, 3.8) is 0 Å². The first-order valence-electron chi connectivity index (χ1n) is 9.08. The Balaban J connectivity index is 1.84. The summed E-state index contributed by atoms with van der Waals surface area (Å²) in [5.41, 5.74) is -0.0647. The van der Waals surface area contributed by atoms with E-state index >= 15 is 0 Å². The monoisotopic (exact) mass is 396 g/mol. The Kier molecular flexibility index (Phi) is 5.66. The second-order valence-electron chi connectivity index (χ2n) is 7.26. The van der Waals surface area contributed by atoms with Crippen molar-refractivity contribution in [2.45, 2.75) is 43.5 Å². The number of rotatable bonds is 5. The van der Waals surface area contributed by atoms with E-state index in [1.807, 2.05) is 0 Å². The quantitative estimate of drug-likeness (QED) is 0.573. The summed E-state index contributed by atoms with van der Waals surface area (Å²) in [5.74, 6) is 0.369. The van der Waals surface area contributed by atoms with Gasteiger partial charge in [-0.1, -0.05) is 6.92 Å². The fourth-order valence-corrected chi connectivity index (χ4v) is 4.92. The average molecular weight is 396 g/mol. The fraction of sp³-hybridized carbons (Fsp3) is 0.588. The van der Waals surface area contributed by atoms with Gasteiger partial charge < -0.3 is 10.2 Å². The summed E-state index contributed by atoms with van der Waals surface area (Å²) in [4.78, 5) is 23.9. The first kappa shape index (κ1) is 19.6. The van der Waals surface area contributed by atoms with Crippen LogP contribution in [0.25, 0.3) is 0 Å². The first-order chi connectivity index (χ1) is 12.8. The number of hydrogen-bond acceptors (Lipinski definition) is 6. The summed E-state index contributed by atoms with van der Waals surface area (Å²) in [6, 6.07) is 3.71. The second kappa shape index (κ2) is 7.81. The third-order valence-corrected chi connectivity index (χ3v) is 6.69. The molecule has 9 nitrogen and oxygen atoms in total. The number of benzene rings is 1. The molecule has 0 radical (unpaired) electrons. The topological polar surface area (TPSA) is 122 Å². The fourth-order valence-electron chi connectivity index (χ4n) is 3.59. The van der Waals surface area contributed by atoms with E-state index in [0.717, 1.165) is 31.7 Å². The highest BCUT2D eigenvalue weighted by atomic mass is 32.2. The van der Waals surface area contributed by atoms with Crippen LogP contribution >= 0.6 is 0 Å². The van der Waals surface area contributed by atoms with Gasteiger partial charge in [-0.3, -0.25) is 14.9 Å². The van der Waals surface area contributed by atoms with Gasteiger partial charge in [-0.05, 0) is 43.7 Å². The predicted octanol–water partition coefficient (Wildman–Crippen LogP) is 1.39. The van der Waals surface area contributed by atoms with Gasteiger partial charge in [0.25, 0.3) is 5.69 Å². The number of nitrogens with zero attached hydrogens (tertiary/aromatic N) is 2. The van der Waals surface area contributed by atoms with Gasteiger partial charge in [-0.15, -0.1) is 0 Å². The van der Waals surface area contributed by atoms with Crippen LogP contribution in [0, 0.1) is 16.0 Å². The minimum atomic E-state index is -3.84. The summed E-state index contributed by atoms with van der Waals surface area (Å²) in [6.07, 6.45) is 3.46. The van der Waals surface area contributed by atoms with E-state index in [0.29, 0.717) is 19.0 Å². The minimum Gasteiger partial charge on any atom is -0.355 e. The molecule has 1 aliphatic heterocycles. The van der Waals surface area contributed by atoms with Crippen molar-refractivity contribution in [1.82, 2.24) is 10.0 Å². The third kappa shape index (κ3) is 4.56. The molecule has 0 atom stereocenters. The molecular weight excluding hydrogens is 372 g/mol. The molecule has 2 aliphatic rings. The zero-order valence-corrected chi connectivity index (χ0v) is 16.0. The standard InChI is InChI=1S/C17H24N4O5S/c1-12-2-4-13(5-3-12)19-27(25,26)14-6-7-15(16(10-14)21(23)24)20-9-8-18-17(22)11-20/h6-7,10,12-13,19H,2-5,8-9,11H2,1H3,(H,18,22). The number of amides is 1. The summed E-state index contributed by atoms with van der Waals surface area (Å²) in [7, 11) is -3.84. The molecule has 0 unspecified atom stereocenters. The number of nitro benzene ring substituents is 1. The average Bonchev–Trinajstić information content (AvgIpc) is 2.63. The molecule has 3 rings (SSSR count). The number of sulfonamides is 1. The number of nitrogens with one attached hydrogen (secondary N) is 2. The Labute approximate surface area is 158 Å². The maximum Gasteiger partial charge on any atom is 0.293 e. The molecule has 2 N–H and O–H groups in total. The van der Waals surface area contributed by atoms with Crippen molar-refractivity contribution in [3.05, 3.63) is 28.3 Å². The van der Waals surface area contributed by atoms with E-state index in [-0.39, 0.29) is 34.8 Å². The van der Waals surface area contributed by atoms with Crippen LogP contribution in [0.3, 0.4) is 0 Å². The molecule has 1 heterocycles. The predicted molar refractivity (Wildman–Crippen MR) is 100 cm³/mol. The van der Waals surface area contributed by atoms with Crippen molar-refractivity contribution >= 4 is 27.3 Å². The molecule has 27 heavy (non-hydrogen) atoms. The van der Waals surface area contributed by atoms with Gasteiger partial charge in [0, 0.05) is 25.2 Å². The lowest BCUT2D eigenvalue weighted by atomic mass is 9.88. The first-order valence-corrected chi connectivity index (χ1v) is 10.6. The minimum absolute atomic E-state index is 0.00540. The van der Waals surface area contributed by atoms with Crippen LogP contribution in [0.1, 0.15) is 32.6 Å². The van der Waals surface area contributed by atoms with Crippen molar-refractivity contribution in [1.29, 1.82) is 0 Å². The van der Waals surface area contributed by atoms with Crippen molar-refractivity contribution in [3.8, 4) is 0 Å². The summed E-state index contributed by atoms with van der Waals surface area (Å²) < 4.78 is 28.0. The molecule has 1 aromatic carbocycles. The van der Waals surface area contributed by atoms with E-state index in [9.17, 15) is 23.3 Å². The largest absolute Gasteiger partial charge is 0.355 e. The zero-order chi connectivity index (χ0) is 19.6. The molecule has 1 amide bonds. The maximum absolute atomic E-state index is 12.7. The lowest BCUT2D eigenvalue weighted by Crippen LogP contribution is -2.47. The molecular formula is C17H24N4O5S. The van der Waals surface area contributed by atoms with Gasteiger partial charge in [-0.25, -0.2) is 13.1 Å². The van der Waals surface area contributed by atoms with Gasteiger partial charge in [0.05, 0.1) is 16.4 Å². The van der Waals surface area contributed by atoms with Crippen LogP contribution in [0.5, 0.6) is 0 Å². The smallest absolute Gasteiger partial charge is 0.293 e. The van der Waals surface area contributed by atoms with Gasteiger partial charge in [0.2, 0.25) is 15.9 Å². The molecule has 0 bridgehead atoms. The maximum atomic E-state index is 12.7. The van der Waals surface area contributed by atoms with Crippen molar-refractivity contribution in [2.24, 2.45) is 5.92 Å². The molecule has 2 fully saturated rings. The van der Waals surface area contributed by atoms with Crippen LogP contribution < -0.4 is 14.9 Å². The molecule has 1 aromatic rings. The van der Waals surface area contributed by atoms with Gasteiger partial charge in [-0.2, -0.15) is 0 Å². The van der Waals surface area contributed by atoms with E-state index in [2.05, 4.69) is 17.0 Å². The van der Waals surface area contributed by atoms with Crippen LogP contribution in [0.4, 0.5) is 11.4 Å². The number of carbonyl (C=O) groups excluding carboxylic acids is 1. The highest BCUT2D eigenvalue weighted by Gasteiger charge is 2.29. The normalized spacial score (nSPS) is 23.7. The number of nitro groups is 1. The Hall–Kier alpha value is -2.20. The van der Waals surface area contributed by atoms with Gasteiger partial charge in [0.15, 0.2) is 0 Å². The lowest BCUT2D eigenvalue weighted by Gasteiger charge is -2.28. The highest BCUT2D eigenvalue weighted by Crippen LogP contribution is 2.32. The van der Waals surface area contributed by atoms with Crippen LogP contribution in [-0.4, -0.2) is 44.9 Å². The SMILES string of the molecule is CC1CCC(NS(=O)(=O)c2ccc(N3CCNC(=O)C3)c([N+](=O)[O-])c2)CC1. The number of piperazine rings is 1. The molecule has 0 aromatic heterocycles. The van der Waals surface area contributed by atoms with E-state index in [4.69, 9.17) is 0 Å². The Morgan fingerprint density at radius 2 is 1.96 bits per heavy atom. The van der Waals surface area contributed by atoms with Crippen LogP contribution in [0.15, 0.2) is 23.1 Å². The number of carbonyl (C=O) groups is 1. The van der Waals surface area contributed by atoms with E-state index in [1.54, 1.807) is 4.90 Å². The van der Waals surface area contributed by atoms with Crippen LogP contribution in [0.2, 0.25) is 0 Å². The van der Waals surface area contributed by atoms with E-state index in [1.165, 1.54) is 12.1 Å². The summed E-state index contributed by atoms with van der Waals surface area (Å²) in [6.45, 7) is 2.97.